The molecule has 172 valence electrons. The fourth-order valence-corrected chi connectivity index (χ4v) is 4.73. The van der Waals surface area contributed by atoms with Gasteiger partial charge in [0.2, 0.25) is 5.91 Å². The number of hydrogen-bond acceptors (Lipinski definition) is 4. The SMILES string of the molecule is C#Cc1cccc(-c2nn3c(c2-c2ccncc2)CN(C(=O)/C=C/CN(C)C)[C@H](C2CC2)C3)c1. The molecule has 1 atom stereocenters. The van der Waals surface area contributed by atoms with E-state index in [0.717, 1.165) is 40.2 Å². The van der Waals surface area contributed by atoms with Crippen molar-refractivity contribution >= 4 is 5.91 Å². The second-order valence-electron chi connectivity index (χ2n) is 9.35. The second-order valence-corrected chi connectivity index (χ2v) is 9.35. The van der Waals surface area contributed by atoms with Crippen molar-refractivity contribution in [3.63, 3.8) is 0 Å². The monoisotopic (exact) mass is 451 g/mol. The van der Waals surface area contributed by atoms with E-state index in [4.69, 9.17) is 11.5 Å². The molecule has 0 spiro atoms. The van der Waals surface area contributed by atoms with Gasteiger partial charge in [0.25, 0.3) is 0 Å². The van der Waals surface area contributed by atoms with Gasteiger partial charge in [-0.1, -0.05) is 24.1 Å². The minimum atomic E-state index is 0.0720. The largest absolute Gasteiger partial charge is 0.328 e. The van der Waals surface area contributed by atoms with Gasteiger partial charge in [-0.15, -0.1) is 6.42 Å². The highest BCUT2D eigenvalue weighted by molar-refractivity contribution is 5.89. The lowest BCUT2D eigenvalue weighted by Gasteiger charge is -2.36. The summed E-state index contributed by atoms with van der Waals surface area (Å²) in [5, 5.41) is 5.08. The molecule has 0 saturated heterocycles. The Balaban J connectivity index is 1.59. The highest BCUT2D eigenvalue weighted by Crippen LogP contribution is 2.42. The van der Waals surface area contributed by atoms with Crippen molar-refractivity contribution in [3.05, 3.63) is 72.2 Å². The summed E-state index contributed by atoms with van der Waals surface area (Å²) >= 11 is 0. The molecule has 3 heterocycles. The summed E-state index contributed by atoms with van der Waals surface area (Å²) in [4.78, 5) is 21.6. The van der Waals surface area contributed by atoms with Crippen molar-refractivity contribution < 1.29 is 4.79 Å². The van der Waals surface area contributed by atoms with Crippen molar-refractivity contribution in [2.75, 3.05) is 20.6 Å². The molecular formula is C28H29N5O. The Labute approximate surface area is 200 Å². The zero-order valence-electron chi connectivity index (χ0n) is 19.7. The van der Waals surface area contributed by atoms with Gasteiger partial charge in [-0.25, -0.2) is 0 Å². The number of hydrogen-bond donors (Lipinski definition) is 0. The van der Waals surface area contributed by atoms with E-state index in [9.17, 15) is 4.79 Å². The molecule has 34 heavy (non-hydrogen) atoms. The number of nitrogens with zero attached hydrogens (tertiary/aromatic N) is 5. The third-order valence-corrected chi connectivity index (χ3v) is 6.59. The number of terminal acetylenes is 1. The van der Waals surface area contributed by atoms with Crippen LogP contribution in [0.1, 0.15) is 24.1 Å². The Morgan fingerprint density at radius 1 is 1.21 bits per heavy atom. The molecule has 1 aromatic carbocycles. The second kappa shape index (κ2) is 9.28. The number of amides is 1. The molecule has 6 nitrogen and oxygen atoms in total. The van der Waals surface area contributed by atoms with E-state index < -0.39 is 0 Å². The number of benzene rings is 1. The lowest BCUT2D eigenvalue weighted by atomic mass is 9.97. The highest BCUT2D eigenvalue weighted by atomic mass is 16.2. The number of carbonyl (C=O) groups excluding carboxylic acids is 1. The normalized spacial score (nSPS) is 17.7. The fraction of sp³-hybridized carbons (Fsp3) is 0.321. The van der Waals surface area contributed by atoms with E-state index in [1.54, 1.807) is 18.5 Å². The molecular weight excluding hydrogens is 422 g/mol. The van der Waals surface area contributed by atoms with E-state index >= 15 is 0 Å². The Bertz CT molecular complexity index is 1260. The van der Waals surface area contributed by atoms with Crippen LogP contribution in [0, 0.1) is 18.3 Å². The summed E-state index contributed by atoms with van der Waals surface area (Å²) in [6.45, 7) is 1.98. The molecule has 1 amide bonds. The summed E-state index contributed by atoms with van der Waals surface area (Å²) in [7, 11) is 4.00. The molecule has 6 heteroatoms. The van der Waals surface area contributed by atoms with E-state index in [0.29, 0.717) is 19.0 Å². The molecule has 0 unspecified atom stereocenters. The van der Waals surface area contributed by atoms with Crippen molar-refractivity contribution in [1.29, 1.82) is 0 Å². The maximum atomic E-state index is 13.3. The summed E-state index contributed by atoms with van der Waals surface area (Å²) in [6.07, 6.45) is 15.3. The molecule has 1 aliphatic carbocycles. The smallest absolute Gasteiger partial charge is 0.246 e. The van der Waals surface area contributed by atoms with Gasteiger partial charge in [0, 0.05) is 41.7 Å². The minimum Gasteiger partial charge on any atom is -0.328 e. The quantitative estimate of drug-likeness (QED) is 0.422. The van der Waals surface area contributed by atoms with Gasteiger partial charge in [-0.2, -0.15) is 5.10 Å². The van der Waals surface area contributed by atoms with Gasteiger partial charge in [0.15, 0.2) is 0 Å². The van der Waals surface area contributed by atoms with Crippen LogP contribution in [0.5, 0.6) is 0 Å². The molecule has 0 N–H and O–H groups in total. The van der Waals surface area contributed by atoms with Crippen LogP contribution < -0.4 is 0 Å². The number of likely N-dealkylation sites (N-methyl/N-ethyl adjacent to an activating group) is 1. The van der Waals surface area contributed by atoms with E-state index in [-0.39, 0.29) is 11.9 Å². The third kappa shape index (κ3) is 4.40. The topological polar surface area (TPSA) is 54.3 Å². The van der Waals surface area contributed by atoms with Crippen LogP contribution in [0.15, 0.2) is 60.9 Å². The average Bonchev–Trinajstić information content (AvgIpc) is 3.63. The average molecular weight is 452 g/mol. The zero-order valence-corrected chi connectivity index (χ0v) is 19.7. The molecule has 0 radical (unpaired) electrons. The van der Waals surface area contributed by atoms with Gasteiger partial charge in [0.05, 0.1) is 24.8 Å². The molecule has 0 bridgehead atoms. The molecule has 5 rings (SSSR count). The predicted molar refractivity (Wildman–Crippen MR) is 134 cm³/mol. The summed E-state index contributed by atoms with van der Waals surface area (Å²) in [5.41, 5.74) is 5.83. The molecule has 1 aliphatic heterocycles. The Hall–Kier alpha value is -3.69. The number of carbonyl (C=O) groups is 1. The third-order valence-electron chi connectivity index (χ3n) is 6.59. The summed E-state index contributed by atoms with van der Waals surface area (Å²) in [5.74, 6) is 3.34. The summed E-state index contributed by atoms with van der Waals surface area (Å²) in [6, 6.07) is 12.1. The molecule has 1 fully saturated rings. The van der Waals surface area contributed by atoms with E-state index in [2.05, 4.69) is 15.6 Å². The number of rotatable bonds is 6. The first-order valence-electron chi connectivity index (χ1n) is 11.7. The van der Waals surface area contributed by atoms with E-state index in [1.807, 2.05) is 66.4 Å². The summed E-state index contributed by atoms with van der Waals surface area (Å²) < 4.78 is 2.12. The van der Waals surface area contributed by atoms with Crippen LogP contribution in [0.3, 0.4) is 0 Å². The lowest BCUT2D eigenvalue weighted by molar-refractivity contribution is -0.130. The molecule has 2 aromatic heterocycles. The lowest BCUT2D eigenvalue weighted by Crippen LogP contribution is -2.47. The molecule has 2 aliphatic rings. The molecule has 3 aromatic rings. The van der Waals surface area contributed by atoms with Gasteiger partial charge in [0.1, 0.15) is 5.69 Å². The highest BCUT2D eigenvalue weighted by Gasteiger charge is 2.41. The van der Waals surface area contributed by atoms with E-state index in [1.165, 1.54) is 12.8 Å². The van der Waals surface area contributed by atoms with Gasteiger partial charge >= 0.3 is 0 Å². The number of fused-ring (bicyclic) bond motifs is 1. The zero-order chi connectivity index (χ0) is 23.7. The fourth-order valence-electron chi connectivity index (χ4n) is 4.73. The van der Waals surface area contributed by atoms with Crippen molar-refractivity contribution in [3.8, 4) is 34.7 Å². The van der Waals surface area contributed by atoms with Crippen LogP contribution in [0.4, 0.5) is 0 Å². The van der Waals surface area contributed by atoms with Crippen LogP contribution in [0.2, 0.25) is 0 Å². The van der Waals surface area contributed by atoms with Crippen LogP contribution in [0.25, 0.3) is 22.4 Å². The predicted octanol–water partition coefficient (Wildman–Crippen LogP) is 3.83. The Morgan fingerprint density at radius 2 is 2.00 bits per heavy atom. The van der Waals surface area contributed by atoms with Crippen molar-refractivity contribution in [1.82, 2.24) is 24.6 Å². The van der Waals surface area contributed by atoms with Crippen LogP contribution in [-0.4, -0.2) is 57.2 Å². The first-order valence-corrected chi connectivity index (χ1v) is 11.7. The number of pyridine rings is 1. The molecule has 1 saturated carbocycles. The van der Waals surface area contributed by atoms with Gasteiger partial charge < -0.3 is 9.80 Å². The standard InChI is InChI=1S/C28H29N5O/c1-4-20-7-5-8-23(17-20)28-27(22-12-14-29-15-13-22)25-18-32(26(34)9-6-16-31(2)3)24(21-10-11-21)19-33(25)30-28/h1,5-9,12-15,17,21,24H,10-11,16,18-19H2,2-3H3/b9-6+/t24-/m0/s1. The van der Waals surface area contributed by atoms with Crippen LogP contribution >= 0.6 is 0 Å². The van der Waals surface area contributed by atoms with Gasteiger partial charge in [-0.3, -0.25) is 14.5 Å². The first kappa shape index (κ1) is 22.1. The van der Waals surface area contributed by atoms with Crippen molar-refractivity contribution in [2.45, 2.75) is 32.0 Å². The maximum Gasteiger partial charge on any atom is 0.246 e. The maximum absolute atomic E-state index is 13.3. The van der Waals surface area contributed by atoms with Crippen molar-refractivity contribution in [2.24, 2.45) is 5.92 Å². The minimum absolute atomic E-state index is 0.0720. The Morgan fingerprint density at radius 3 is 2.71 bits per heavy atom. The van der Waals surface area contributed by atoms with Gasteiger partial charge in [-0.05, 0) is 62.7 Å². The first-order chi connectivity index (χ1) is 16.5. The number of aromatic nitrogens is 3. The van der Waals surface area contributed by atoms with Crippen LogP contribution in [-0.2, 0) is 17.9 Å². The Kier molecular flexibility index (Phi) is 6.04.